The molecule has 3 rings (SSSR count). The Kier molecular flexibility index (Phi) is 5.96. The van der Waals surface area contributed by atoms with E-state index in [1.807, 2.05) is 6.92 Å². The average molecular weight is 420 g/mol. The topological polar surface area (TPSA) is 77.8 Å². The Hall–Kier alpha value is -2.50. The van der Waals surface area contributed by atoms with Crippen molar-refractivity contribution in [3.8, 4) is 5.75 Å². The van der Waals surface area contributed by atoms with E-state index < -0.39 is 17.7 Å². The molecule has 2 aromatic rings. The van der Waals surface area contributed by atoms with E-state index in [2.05, 4.69) is 0 Å². The van der Waals surface area contributed by atoms with E-state index in [1.54, 1.807) is 30.3 Å². The fraction of sp³-hybridized carbons (Fsp3) is 0.238. The van der Waals surface area contributed by atoms with Crippen LogP contribution in [0.15, 0.2) is 48.0 Å². The number of phenols is 1. The van der Waals surface area contributed by atoms with Crippen LogP contribution >= 0.6 is 23.2 Å². The summed E-state index contributed by atoms with van der Waals surface area (Å²) in [4.78, 5) is 26.9. The van der Waals surface area contributed by atoms with Gasteiger partial charge in [-0.2, -0.15) is 0 Å². The molecule has 1 unspecified atom stereocenters. The molecule has 0 saturated carbocycles. The lowest BCUT2D eigenvalue weighted by molar-refractivity contribution is -0.139. The van der Waals surface area contributed by atoms with Crippen LogP contribution in [-0.2, 0) is 9.59 Å². The van der Waals surface area contributed by atoms with E-state index in [0.29, 0.717) is 29.1 Å². The molecule has 2 aromatic carbocycles. The summed E-state index contributed by atoms with van der Waals surface area (Å²) < 4.78 is 0. The second-order valence-electron chi connectivity index (χ2n) is 6.56. The van der Waals surface area contributed by atoms with Gasteiger partial charge in [-0.3, -0.25) is 9.59 Å². The quantitative estimate of drug-likeness (QED) is 0.409. The molecule has 1 aliphatic rings. The van der Waals surface area contributed by atoms with Crippen molar-refractivity contribution < 1.29 is 19.8 Å². The van der Waals surface area contributed by atoms with Crippen molar-refractivity contribution in [1.82, 2.24) is 4.90 Å². The number of aliphatic hydroxyl groups is 1. The number of likely N-dealkylation sites (tertiary alicyclic amines) is 1. The van der Waals surface area contributed by atoms with Crippen molar-refractivity contribution in [3.05, 3.63) is 69.2 Å². The summed E-state index contributed by atoms with van der Waals surface area (Å²) in [7, 11) is 0. The zero-order valence-electron chi connectivity index (χ0n) is 15.2. The molecule has 5 nitrogen and oxygen atoms in total. The number of carbonyl (C=O) groups is 2. The third-order valence-electron chi connectivity index (χ3n) is 4.70. The van der Waals surface area contributed by atoms with E-state index in [0.717, 1.165) is 6.42 Å². The van der Waals surface area contributed by atoms with Gasteiger partial charge in [-0.05, 0) is 48.4 Å². The number of benzene rings is 2. The number of rotatable bonds is 5. The number of hydrogen-bond donors (Lipinski definition) is 2. The van der Waals surface area contributed by atoms with Crippen molar-refractivity contribution in [2.24, 2.45) is 0 Å². The maximum Gasteiger partial charge on any atom is 0.295 e. The predicted molar refractivity (Wildman–Crippen MR) is 108 cm³/mol. The minimum absolute atomic E-state index is 0.00909. The number of amides is 1. The molecule has 0 aromatic heterocycles. The zero-order chi connectivity index (χ0) is 20.4. The van der Waals surface area contributed by atoms with Crippen LogP contribution in [0.5, 0.6) is 5.75 Å². The van der Waals surface area contributed by atoms with Gasteiger partial charge < -0.3 is 15.1 Å². The molecule has 0 spiro atoms. The second kappa shape index (κ2) is 8.25. The molecule has 0 radical (unpaired) electrons. The third-order valence-corrected chi connectivity index (χ3v) is 5.25. The Labute approximate surface area is 172 Å². The van der Waals surface area contributed by atoms with Crippen LogP contribution in [0.3, 0.4) is 0 Å². The molecular formula is C21H19Cl2NO4. The van der Waals surface area contributed by atoms with E-state index in [4.69, 9.17) is 23.2 Å². The summed E-state index contributed by atoms with van der Waals surface area (Å²) >= 11 is 11.9. The number of phenolic OH excluding ortho intramolecular Hbond substituents is 1. The fourth-order valence-electron chi connectivity index (χ4n) is 3.24. The van der Waals surface area contributed by atoms with Gasteiger partial charge in [0.25, 0.3) is 11.7 Å². The summed E-state index contributed by atoms with van der Waals surface area (Å²) in [5.41, 5.74) is 0.909. The molecule has 1 fully saturated rings. The minimum atomic E-state index is -0.791. The van der Waals surface area contributed by atoms with Gasteiger partial charge in [0.15, 0.2) is 0 Å². The van der Waals surface area contributed by atoms with Crippen molar-refractivity contribution in [3.63, 3.8) is 0 Å². The Morgan fingerprint density at radius 3 is 2.39 bits per heavy atom. The Morgan fingerprint density at radius 1 is 1.11 bits per heavy atom. The normalized spacial score (nSPS) is 18.7. The Bertz CT molecular complexity index is 953. The number of aliphatic hydroxyl groups excluding tert-OH is 1. The first-order chi connectivity index (χ1) is 13.3. The van der Waals surface area contributed by atoms with Crippen LogP contribution in [0.2, 0.25) is 10.0 Å². The standard InChI is InChI=1S/C21H19Cl2NO4/c1-2-3-10-24-18(13-6-9-16(25)15(23)11-13)17(20(27)21(24)28)19(26)12-4-7-14(22)8-5-12/h4-9,11,18,25-26H,2-3,10H2,1H3/b19-17-. The summed E-state index contributed by atoms with van der Waals surface area (Å²) in [5.74, 6) is -1.80. The van der Waals surface area contributed by atoms with Crippen molar-refractivity contribution in [1.29, 1.82) is 0 Å². The fourth-order valence-corrected chi connectivity index (χ4v) is 3.56. The molecule has 1 heterocycles. The molecule has 1 atom stereocenters. The van der Waals surface area contributed by atoms with Crippen LogP contribution in [0.25, 0.3) is 5.76 Å². The number of hydrogen-bond acceptors (Lipinski definition) is 4. The summed E-state index contributed by atoms with van der Waals surface area (Å²) in [5, 5.41) is 21.2. The number of aromatic hydroxyl groups is 1. The molecule has 1 aliphatic heterocycles. The number of nitrogens with zero attached hydrogens (tertiary/aromatic N) is 1. The molecule has 1 saturated heterocycles. The van der Waals surface area contributed by atoms with Crippen LogP contribution in [0.1, 0.15) is 36.9 Å². The first-order valence-corrected chi connectivity index (χ1v) is 9.63. The van der Waals surface area contributed by atoms with Gasteiger partial charge in [0.05, 0.1) is 16.6 Å². The zero-order valence-corrected chi connectivity index (χ0v) is 16.7. The van der Waals surface area contributed by atoms with Crippen LogP contribution in [0.4, 0.5) is 0 Å². The number of halogens is 2. The minimum Gasteiger partial charge on any atom is -0.507 e. The highest BCUT2D eigenvalue weighted by Gasteiger charge is 2.45. The smallest absolute Gasteiger partial charge is 0.295 e. The van der Waals surface area contributed by atoms with Gasteiger partial charge in [-0.25, -0.2) is 0 Å². The van der Waals surface area contributed by atoms with Crippen molar-refractivity contribution in [2.75, 3.05) is 6.54 Å². The highest BCUT2D eigenvalue weighted by atomic mass is 35.5. The van der Waals surface area contributed by atoms with E-state index in [9.17, 15) is 19.8 Å². The molecule has 2 N–H and O–H groups in total. The summed E-state index contributed by atoms with van der Waals surface area (Å²) in [6.07, 6.45) is 1.54. The van der Waals surface area contributed by atoms with Gasteiger partial charge in [0, 0.05) is 17.1 Å². The SMILES string of the molecule is CCCCN1C(=O)C(=O)/C(=C(\O)c2ccc(Cl)cc2)C1c1ccc(O)c(Cl)c1. The molecule has 0 aliphatic carbocycles. The van der Waals surface area contributed by atoms with E-state index >= 15 is 0 Å². The average Bonchev–Trinajstić information content (AvgIpc) is 2.93. The lowest BCUT2D eigenvalue weighted by Crippen LogP contribution is -2.30. The molecule has 7 heteroatoms. The van der Waals surface area contributed by atoms with E-state index in [-0.39, 0.29) is 22.1 Å². The number of Topliss-reactive ketones (excluding diaryl/α,β-unsaturated/α-hetero) is 1. The number of ketones is 1. The monoisotopic (exact) mass is 419 g/mol. The maximum absolute atomic E-state index is 12.8. The van der Waals surface area contributed by atoms with Crippen LogP contribution in [0, 0.1) is 0 Å². The third kappa shape index (κ3) is 3.73. The van der Waals surface area contributed by atoms with Gasteiger partial charge in [-0.15, -0.1) is 0 Å². The van der Waals surface area contributed by atoms with Crippen molar-refractivity contribution in [2.45, 2.75) is 25.8 Å². The van der Waals surface area contributed by atoms with Crippen molar-refractivity contribution >= 4 is 40.7 Å². The lowest BCUT2D eigenvalue weighted by Gasteiger charge is -2.25. The predicted octanol–water partition coefficient (Wildman–Crippen LogP) is 4.92. The first-order valence-electron chi connectivity index (χ1n) is 8.88. The van der Waals surface area contributed by atoms with Gasteiger partial charge in [-0.1, -0.05) is 42.6 Å². The molecular weight excluding hydrogens is 401 g/mol. The number of unbranched alkanes of at least 4 members (excludes halogenated alkanes) is 1. The molecule has 28 heavy (non-hydrogen) atoms. The second-order valence-corrected chi connectivity index (χ2v) is 7.41. The molecule has 1 amide bonds. The van der Waals surface area contributed by atoms with E-state index in [1.165, 1.54) is 17.0 Å². The Balaban J connectivity index is 2.17. The van der Waals surface area contributed by atoms with Gasteiger partial charge in [0.2, 0.25) is 0 Å². The summed E-state index contributed by atoms with van der Waals surface area (Å²) in [6.45, 7) is 2.35. The molecule has 0 bridgehead atoms. The number of carbonyl (C=O) groups excluding carboxylic acids is 2. The summed E-state index contributed by atoms with van der Waals surface area (Å²) in [6, 6.07) is 10.1. The largest absolute Gasteiger partial charge is 0.507 e. The van der Waals surface area contributed by atoms with Gasteiger partial charge >= 0.3 is 0 Å². The first kappa shape index (κ1) is 20.2. The highest BCUT2D eigenvalue weighted by molar-refractivity contribution is 6.46. The lowest BCUT2D eigenvalue weighted by atomic mass is 9.95. The van der Waals surface area contributed by atoms with Gasteiger partial charge in [0.1, 0.15) is 11.5 Å². The highest BCUT2D eigenvalue weighted by Crippen LogP contribution is 2.41. The maximum atomic E-state index is 12.8. The van der Waals surface area contributed by atoms with Crippen LogP contribution in [-0.4, -0.2) is 33.3 Å². The van der Waals surface area contributed by atoms with Crippen LogP contribution < -0.4 is 0 Å². The Morgan fingerprint density at radius 2 is 1.79 bits per heavy atom. The molecule has 146 valence electrons.